The van der Waals surface area contributed by atoms with Gasteiger partial charge >= 0.3 is 0 Å². The SMILES string of the molecule is C/C=C/CCC1CCC(c2ccc(-c3ccc(OCCCCCCCC)c(F)c3F)c(F)c2F)CC1. The van der Waals surface area contributed by atoms with Crippen LogP contribution in [-0.4, -0.2) is 6.61 Å². The fourth-order valence-corrected chi connectivity index (χ4v) is 5.26. The third-order valence-corrected chi connectivity index (χ3v) is 7.47. The first-order chi connectivity index (χ1) is 17.5. The van der Waals surface area contributed by atoms with E-state index in [-0.39, 0.29) is 29.4 Å². The van der Waals surface area contributed by atoms with Gasteiger partial charge in [-0.3, -0.25) is 0 Å². The highest BCUT2D eigenvalue weighted by Crippen LogP contribution is 2.41. The minimum absolute atomic E-state index is 0.0501. The normalized spacial score (nSPS) is 18.2. The Bertz CT molecular complexity index is 993. The molecule has 0 aromatic heterocycles. The highest BCUT2D eigenvalue weighted by molar-refractivity contribution is 5.66. The topological polar surface area (TPSA) is 9.23 Å². The molecule has 1 aliphatic rings. The summed E-state index contributed by atoms with van der Waals surface area (Å²) in [5.41, 5.74) is -0.229. The van der Waals surface area contributed by atoms with Crippen molar-refractivity contribution in [3.63, 3.8) is 0 Å². The van der Waals surface area contributed by atoms with Crippen molar-refractivity contribution >= 4 is 0 Å². The summed E-state index contributed by atoms with van der Waals surface area (Å²) in [4.78, 5) is 0. The van der Waals surface area contributed by atoms with Crippen molar-refractivity contribution in [2.24, 2.45) is 5.92 Å². The summed E-state index contributed by atoms with van der Waals surface area (Å²) in [7, 11) is 0. The van der Waals surface area contributed by atoms with E-state index in [1.807, 2.05) is 6.92 Å². The maximum atomic E-state index is 15.1. The maximum absolute atomic E-state index is 15.1. The summed E-state index contributed by atoms with van der Waals surface area (Å²) in [5, 5.41) is 0. The first-order valence-electron chi connectivity index (χ1n) is 13.7. The van der Waals surface area contributed by atoms with Gasteiger partial charge in [-0.2, -0.15) is 4.39 Å². The number of unbranched alkanes of at least 4 members (excludes halogenated alkanes) is 5. The number of halogens is 4. The van der Waals surface area contributed by atoms with E-state index in [4.69, 9.17) is 4.74 Å². The van der Waals surface area contributed by atoms with Crippen molar-refractivity contribution in [2.75, 3.05) is 6.61 Å². The van der Waals surface area contributed by atoms with Crippen molar-refractivity contribution in [1.82, 2.24) is 0 Å². The van der Waals surface area contributed by atoms with Crippen LogP contribution in [0.5, 0.6) is 5.75 Å². The average molecular weight is 505 g/mol. The zero-order chi connectivity index (χ0) is 25.9. The summed E-state index contributed by atoms with van der Waals surface area (Å²) in [6, 6.07) is 5.48. The number of hydrogen-bond acceptors (Lipinski definition) is 1. The van der Waals surface area contributed by atoms with E-state index in [0.717, 1.165) is 64.2 Å². The van der Waals surface area contributed by atoms with Crippen LogP contribution in [0.1, 0.15) is 102 Å². The molecule has 0 heterocycles. The number of benzene rings is 2. The molecule has 36 heavy (non-hydrogen) atoms. The Morgan fingerprint density at radius 3 is 2.11 bits per heavy atom. The zero-order valence-corrected chi connectivity index (χ0v) is 21.7. The molecule has 198 valence electrons. The minimum Gasteiger partial charge on any atom is -0.490 e. The van der Waals surface area contributed by atoms with E-state index in [2.05, 4.69) is 19.1 Å². The first kappa shape index (κ1) is 28.3. The minimum atomic E-state index is -1.22. The summed E-state index contributed by atoms with van der Waals surface area (Å²) in [6.45, 7) is 4.45. The molecule has 3 rings (SSSR count). The Balaban J connectivity index is 1.64. The quantitative estimate of drug-likeness (QED) is 0.150. The van der Waals surface area contributed by atoms with Crippen LogP contribution in [0.3, 0.4) is 0 Å². The van der Waals surface area contributed by atoms with Crippen molar-refractivity contribution < 1.29 is 22.3 Å². The molecule has 0 spiro atoms. The molecular weight excluding hydrogens is 464 g/mol. The van der Waals surface area contributed by atoms with Gasteiger partial charge in [-0.1, -0.05) is 63.3 Å². The smallest absolute Gasteiger partial charge is 0.201 e. The molecular formula is C31H40F4O. The van der Waals surface area contributed by atoms with E-state index in [1.54, 1.807) is 6.07 Å². The molecule has 0 N–H and O–H groups in total. The van der Waals surface area contributed by atoms with Crippen LogP contribution in [0.25, 0.3) is 11.1 Å². The van der Waals surface area contributed by atoms with Crippen molar-refractivity contribution in [1.29, 1.82) is 0 Å². The van der Waals surface area contributed by atoms with Crippen LogP contribution >= 0.6 is 0 Å². The fraction of sp³-hybridized carbons (Fsp3) is 0.548. The molecule has 0 unspecified atom stereocenters. The largest absolute Gasteiger partial charge is 0.490 e. The highest BCUT2D eigenvalue weighted by Gasteiger charge is 2.27. The number of allylic oxidation sites excluding steroid dienone is 2. The van der Waals surface area contributed by atoms with Crippen molar-refractivity contribution in [3.8, 4) is 16.9 Å². The molecule has 1 saturated carbocycles. The Hall–Kier alpha value is -2.30. The first-order valence-corrected chi connectivity index (χ1v) is 13.7. The lowest BCUT2D eigenvalue weighted by Gasteiger charge is -2.29. The highest BCUT2D eigenvalue weighted by atomic mass is 19.2. The van der Waals surface area contributed by atoms with Gasteiger partial charge in [-0.25, -0.2) is 13.2 Å². The molecule has 0 amide bonds. The Morgan fingerprint density at radius 1 is 0.778 bits per heavy atom. The van der Waals surface area contributed by atoms with Gasteiger partial charge in [0.1, 0.15) is 0 Å². The van der Waals surface area contributed by atoms with Crippen LogP contribution < -0.4 is 4.74 Å². The van der Waals surface area contributed by atoms with Gasteiger partial charge in [-0.05, 0) is 81.4 Å². The monoisotopic (exact) mass is 504 g/mol. The van der Waals surface area contributed by atoms with Gasteiger partial charge in [-0.15, -0.1) is 0 Å². The van der Waals surface area contributed by atoms with Gasteiger partial charge in [0, 0.05) is 11.1 Å². The van der Waals surface area contributed by atoms with Crippen molar-refractivity contribution in [2.45, 2.75) is 96.8 Å². The van der Waals surface area contributed by atoms with Crippen molar-refractivity contribution in [3.05, 3.63) is 65.2 Å². The molecule has 0 radical (unpaired) electrons. The van der Waals surface area contributed by atoms with Crippen LogP contribution in [0.4, 0.5) is 17.6 Å². The summed E-state index contributed by atoms with van der Waals surface area (Å²) >= 11 is 0. The molecule has 0 bridgehead atoms. The molecule has 0 saturated heterocycles. The van der Waals surface area contributed by atoms with E-state index in [0.29, 0.717) is 11.5 Å². The second-order valence-corrected chi connectivity index (χ2v) is 10.0. The third kappa shape index (κ3) is 7.36. The lowest BCUT2D eigenvalue weighted by Crippen LogP contribution is -2.15. The van der Waals surface area contributed by atoms with Gasteiger partial charge in [0.05, 0.1) is 6.61 Å². The van der Waals surface area contributed by atoms with Crippen LogP contribution in [0, 0.1) is 29.2 Å². The van der Waals surface area contributed by atoms with E-state index < -0.39 is 23.3 Å². The Labute approximate surface area is 214 Å². The summed E-state index contributed by atoms with van der Waals surface area (Å²) in [5.74, 6) is -4.10. The molecule has 1 fully saturated rings. The zero-order valence-electron chi connectivity index (χ0n) is 21.7. The van der Waals surface area contributed by atoms with Crippen LogP contribution in [-0.2, 0) is 0 Å². The van der Waals surface area contributed by atoms with E-state index in [9.17, 15) is 8.78 Å². The molecule has 2 aromatic carbocycles. The molecule has 0 atom stereocenters. The summed E-state index contributed by atoms with van der Waals surface area (Å²) < 4.78 is 65.1. The standard InChI is InChI=1S/C31H40F4O/c1-3-5-7-8-9-11-21-36-27-20-19-26(30(34)31(27)35)25-18-17-24(28(32)29(25)33)23-15-13-22(14-16-23)12-10-6-4-2/h4,6,17-20,22-23H,3,5,7-16,21H2,1-2H3/b6-4+. The molecule has 1 nitrogen and oxygen atoms in total. The second kappa shape index (κ2) is 14.4. The van der Waals surface area contributed by atoms with E-state index >= 15 is 8.78 Å². The number of ether oxygens (including phenoxy) is 1. The van der Waals surface area contributed by atoms with Crippen LogP contribution in [0.2, 0.25) is 0 Å². The number of rotatable bonds is 13. The number of hydrogen-bond donors (Lipinski definition) is 0. The second-order valence-electron chi connectivity index (χ2n) is 10.0. The Morgan fingerprint density at radius 2 is 1.42 bits per heavy atom. The Kier molecular flexibility index (Phi) is 11.3. The average Bonchev–Trinajstić information content (AvgIpc) is 2.89. The third-order valence-electron chi connectivity index (χ3n) is 7.47. The molecule has 0 aliphatic heterocycles. The van der Waals surface area contributed by atoms with Gasteiger partial charge in [0.2, 0.25) is 5.82 Å². The molecule has 1 aliphatic carbocycles. The predicted molar refractivity (Wildman–Crippen MR) is 139 cm³/mol. The lowest BCUT2D eigenvalue weighted by atomic mass is 9.77. The molecule has 5 heteroatoms. The van der Waals surface area contributed by atoms with Gasteiger partial charge in [0.15, 0.2) is 23.2 Å². The summed E-state index contributed by atoms with van der Waals surface area (Å²) in [6.07, 6.45) is 16.3. The predicted octanol–water partition coefficient (Wildman–Crippen LogP) is 10.3. The molecule has 2 aromatic rings. The van der Waals surface area contributed by atoms with E-state index in [1.165, 1.54) is 31.0 Å². The maximum Gasteiger partial charge on any atom is 0.201 e. The van der Waals surface area contributed by atoms with Gasteiger partial charge < -0.3 is 4.74 Å². The fourth-order valence-electron chi connectivity index (χ4n) is 5.26. The van der Waals surface area contributed by atoms with Gasteiger partial charge in [0.25, 0.3) is 0 Å². The lowest BCUT2D eigenvalue weighted by molar-refractivity contribution is 0.285. The van der Waals surface area contributed by atoms with Crippen LogP contribution in [0.15, 0.2) is 36.4 Å².